The van der Waals surface area contributed by atoms with Crippen molar-refractivity contribution >= 4 is 11.8 Å². The van der Waals surface area contributed by atoms with Crippen molar-refractivity contribution in [2.24, 2.45) is 0 Å². The lowest BCUT2D eigenvalue weighted by Gasteiger charge is -2.03. The lowest BCUT2D eigenvalue weighted by Crippen LogP contribution is -2.01. The van der Waals surface area contributed by atoms with Crippen molar-refractivity contribution in [3.05, 3.63) is 17.5 Å². The van der Waals surface area contributed by atoms with Gasteiger partial charge < -0.3 is 0 Å². The maximum absolute atomic E-state index is 4.49. The van der Waals surface area contributed by atoms with E-state index in [9.17, 15) is 0 Å². The fourth-order valence-electron chi connectivity index (χ4n) is 1.23. The average molecular weight is 168 g/mol. The van der Waals surface area contributed by atoms with Crippen molar-refractivity contribution in [3.63, 3.8) is 0 Å². The highest BCUT2D eigenvalue weighted by Crippen LogP contribution is 2.28. The van der Waals surface area contributed by atoms with Crippen LogP contribution in [0, 0.1) is 0 Å². The van der Waals surface area contributed by atoms with Crippen molar-refractivity contribution in [1.82, 2.24) is 9.78 Å². The first-order valence-electron chi connectivity index (χ1n) is 3.92. The van der Waals surface area contributed by atoms with Crippen LogP contribution < -0.4 is 0 Å². The largest absolute Gasteiger partial charge is 0.270 e. The summed E-state index contributed by atoms with van der Waals surface area (Å²) in [6.45, 7) is 4.32. The Morgan fingerprint density at radius 3 is 3.00 bits per heavy atom. The molecular formula is C8H12N2S. The zero-order valence-corrected chi connectivity index (χ0v) is 7.69. The van der Waals surface area contributed by atoms with Crippen molar-refractivity contribution in [2.45, 2.75) is 31.4 Å². The molecule has 1 aliphatic heterocycles. The summed E-state index contributed by atoms with van der Waals surface area (Å²) in [6.07, 6.45) is 2.18. The highest BCUT2D eigenvalue weighted by molar-refractivity contribution is 7.98. The zero-order chi connectivity index (χ0) is 7.84. The molecule has 2 heterocycles. The van der Waals surface area contributed by atoms with Crippen molar-refractivity contribution < 1.29 is 0 Å². The fraction of sp³-hybridized carbons (Fsp3) is 0.625. The van der Waals surface area contributed by atoms with Gasteiger partial charge >= 0.3 is 0 Å². The Morgan fingerprint density at radius 1 is 1.55 bits per heavy atom. The summed E-state index contributed by atoms with van der Waals surface area (Å²) in [6, 6.07) is 0.505. The number of aromatic nitrogens is 2. The van der Waals surface area contributed by atoms with E-state index in [2.05, 4.69) is 29.8 Å². The molecule has 1 aliphatic rings. The maximum atomic E-state index is 4.49. The highest BCUT2D eigenvalue weighted by atomic mass is 32.2. The van der Waals surface area contributed by atoms with Crippen LogP contribution in [0.3, 0.4) is 0 Å². The molecule has 0 atom stereocenters. The van der Waals surface area contributed by atoms with Crippen LogP contribution in [-0.4, -0.2) is 9.78 Å². The van der Waals surface area contributed by atoms with Gasteiger partial charge in [0.15, 0.2) is 0 Å². The molecule has 0 radical (unpaired) electrons. The summed E-state index contributed by atoms with van der Waals surface area (Å²) < 4.78 is 2.06. The third-order valence-corrected chi connectivity index (χ3v) is 2.91. The Labute approximate surface area is 71.0 Å². The van der Waals surface area contributed by atoms with Crippen molar-refractivity contribution in [3.8, 4) is 0 Å². The Balaban J connectivity index is 2.34. The minimum atomic E-state index is 0.505. The Kier molecular flexibility index (Phi) is 1.68. The molecule has 0 fully saturated rings. The van der Waals surface area contributed by atoms with Gasteiger partial charge in [-0.05, 0) is 13.8 Å². The average Bonchev–Trinajstić information content (AvgIpc) is 2.40. The lowest BCUT2D eigenvalue weighted by atomic mass is 10.3. The molecule has 3 heteroatoms. The van der Waals surface area contributed by atoms with E-state index in [1.54, 1.807) is 0 Å². The first kappa shape index (κ1) is 7.22. The number of thioether (sulfide) groups is 1. The topological polar surface area (TPSA) is 17.8 Å². The quantitative estimate of drug-likeness (QED) is 0.640. The SMILES string of the molecule is CC(C)n1cc2c(n1)CSC2. The zero-order valence-electron chi connectivity index (χ0n) is 6.87. The molecule has 60 valence electrons. The van der Waals surface area contributed by atoms with Gasteiger partial charge in [-0.2, -0.15) is 16.9 Å². The molecule has 0 amide bonds. The van der Waals surface area contributed by atoms with Gasteiger partial charge in [0.1, 0.15) is 0 Å². The number of nitrogens with zero attached hydrogens (tertiary/aromatic N) is 2. The molecule has 0 saturated heterocycles. The van der Waals surface area contributed by atoms with Crippen LogP contribution in [0.2, 0.25) is 0 Å². The minimum Gasteiger partial charge on any atom is -0.270 e. The van der Waals surface area contributed by atoms with E-state index in [1.807, 2.05) is 11.8 Å². The molecule has 0 spiro atoms. The van der Waals surface area contributed by atoms with E-state index in [0.29, 0.717) is 6.04 Å². The first-order valence-corrected chi connectivity index (χ1v) is 5.07. The standard InChI is InChI=1S/C8H12N2S/c1-6(2)10-3-7-4-11-5-8(7)9-10/h3,6H,4-5H2,1-2H3. The predicted octanol–water partition coefficient (Wildman–Crippen LogP) is 2.21. The molecule has 0 saturated carbocycles. The van der Waals surface area contributed by atoms with Crippen LogP contribution in [-0.2, 0) is 11.5 Å². The Hall–Kier alpha value is -0.440. The molecule has 0 N–H and O–H groups in total. The third kappa shape index (κ3) is 1.18. The van der Waals surface area contributed by atoms with Gasteiger partial charge in [0.25, 0.3) is 0 Å². The monoisotopic (exact) mass is 168 g/mol. The van der Waals surface area contributed by atoms with Crippen LogP contribution in [0.15, 0.2) is 6.20 Å². The van der Waals surface area contributed by atoms with Gasteiger partial charge in [-0.3, -0.25) is 4.68 Å². The minimum absolute atomic E-state index is 0.505. The normalized spacial score (nSPS) is 15.9. The van der Waals surface area contributed by atoms with Crippen LogP contribution >= 0.6 is 11.8 Å². The summed E-state index contributed by atoms with van der Waals surface area (Å²) in [4.78, 5) is 0. The van der Waals surface area contributed by atoms with Crippen LogP contribution in [0.4, 0.5) is 0 Å². The van der Waals surface area contributed by atoms with Crippen molar-refractivity contribution in [2.75, 3.05) is 0 Å². The summed E-state index contributed by atoms with van der Waals surface area (Å²) in [5.74, 6) is 2.26. The summed E-state index contributed by atoms with van der Waals surface area (Å²) in [5.41, 5.74) is 2.73. The first-order chi connectivity index (χ1) is 5.27. The molecule has 2 rings (SSSR count). The van der Waals surface area contributed by atoms with Gasteiger partial charge in [0, 0.05) is 29.3 Å². The summed E-state index contributed by atoms with van der Waals surface area (Å²) >= 11 is 1.95. The maximum Gasteiger partial charge on any atom is 0.0764 e. The van der Waals surface area contributed by atoms with Gasteiger partial charge in [-0.1, -0.05) is 0 Å². The Morgan fingerprint density at radius 2 is 2.36 bits per heavy atom. The molecule has 1 aromatic heterocycles. The van der Waals surface area contributed by atoms with Gasteiger partial charge in [0.05, 0.1) is 5.69 Å². The van der Waals surface area contributed by atoms with Crippen LogP contribution in [0.25, 0.3) is 0 Å². The molecule has 0 unspecified atom stereocenters. The van der Waals surface area contributed by atoms with Crippen LogP contribution in [0.5, 0.6) is 0 Å². The molecule has 0 aromatic carbocycles. The van der Waals surface area contributed by atoms with E-state index in [1.165, 1.54) is 11.3 Å². The Bertz CT molecular complexity index is 244. The summed E-state index contributed by atoms with van der Waals surface area (Å²) in [5, 5.41) is 4.49. The van der Waals surface area contributed by atoms with E-state index in [4.69, 9.17) is 0 Å². The lowest BCUT2D eigenvalue weighted by molar-refractivity contribution is 0.528. The van der Waals surface area contributed by atoms with Crippen molar-refractivity contribution in [1.29, 1.82) is 0 Å². The van der Waals surface area contributed by atoms with E-state index >= 15 is 0 Å². The second-order valence-electron chi connectivity index (χ2n) is 3.17. The predicted molar refractivity (Wildman–Crippen MR) is 47.6 cm³/mol. The van der Waals surface area contributed by atoms with Gasteiger partial charge in [0.2, 0.25) is 0 Å². The van der Waals surface area contributed by atoms with Gasteiger partial charge in [-0.15, -0.1) is 0 Å². The number of fused-ring (bicyclic) bond motifs is 1. The second-order valence-corrected chi connectivity index (χ2v) is 4.15. The van der Waals surface area contributed by atoms with Crippen LogP contribution in [0.1, 0.15) is 31.1 Å². The van der Waals surface area contributed by atoms with E-state index < -0.39 is 0 Å². The molecule has 1 aromatic rings. The molecular weight excluding hydrogens is 156 g/mol. The fourth-order valence-corrected chi connectivity index (χ4v) is 2.23. The molecule has 2 nitrogen and oxygen atoms in total. The second kappa shape index (κ2) is 2.55. The molecule has 11 heavy (non-hydrogen) atoms. The smallest absolute Gasteiger partial charge is 0.0764 e. The molecule has 0 aliphatic carbocycles. The third-order valence-electron chi connectivity index (χ3n) is 1.92. The van der Waals surface area contributed by atoms with E-state index in [0.717, 1.165) is 11.5 Å². The van der Waals surface area contributed by atoms with Gasteiger partial charge in [-0.25, -0.2) is 0 Å². The number of hydrogen-bond donors (Lipinski definition) is 0. The number of rotatable bonds is 1. The number of hydrogen-bond acceptors (Lipinski definition) is 2. The summed E-state index contributed by atoms with van der Waals surface area (Å²) in [7, 11) is 0. The molecule has 0 bridgehead atoms. The highest BCUT2D eigenvalue weighted by Gasteiger charge is 2.15. The van der Waals surface area contributed by atoms with E-state index in [-0.39, 0.29) is 0 Å².